The summed E-state index contributed by atoms with van der Waals surface area (Å²) in [5.41, 5.74) is 11.1. The second-order valence-electron chi connectivity index (χ2n) is 13.2. The highest BCUT2D eigenvalue weighted by Crippen LogP contribution is 2.43. The van der Waals surface area contributed by atoms with E-state index in [0.29, 0.717) is 5.56 Å². The van der Waals surface area contributed by atoms with Gasteiger partial charge in [-0.1, -0.05) is 133 Å². The number of rotatable bonds is 4. The minimum atomic E-state index is 0.655. The Hall–Kier alpha value is -6.95. The van der Waals surface area contributed by atoms with Crippen molar-refractivity contribution in [1.29, 1.82) is 5.26 Å². The zero-order valence-electron chi connectivity index (χ0n) is 27.7. The minimum Gasteiger partial charge on any atom is -0.309 e. The van der Waals surface area contributed by atoms with Gasteiger partial charge in [-0.25, -0.2) is 0 Å². The van der Waals surface area contributed by atoms with Crippen LogP contribution in [-0.4, -0.2) is 4.57 Å². The molecule has 9 aromatic carbocycles. The van der Waals surface area contributed by atoms with Crippen LogP contribution < -0.4 is 0 Å². The maximum Gasteiger partial charge on any atom is 0.0992 e. The summed E-state index contributed by atoms with van der Waals surface area (Å²) in [4.78, 5) is 0. The number of nitriles is 1. The fourth-order valence-electron chi connectivity index (χ4n) is 8.04. The molecule has 0 atom stereocenters. The van der Waals surface area contributed by atoms with Gasteiger partial charge in [-0.05, 0) is 114 Å². The standard InChI is InChI=1S/C49H30N2/c50-31-32-22-24-42-43-25-23-35(28-49(43)51(48(42)26-32)37-16-5-2-6-17-37)34-14-11-15-36(27-34)45-30-47-40-20-9-7-18-38(40)44(33-12-3-1-4-13-33)29-46(47)41-21-10-8-19-39(41)45/h1-30H. The van der Waals surface area contributed by atoms with Gasteiger partial charge in [-0.2, -0.15) is 5.26 Å². The monoisotopic (exact) mass is 646 g/mol. The molecular formula is C49H30N2. The highest BCUT2D eigenvalue weighted by atomic mass is 15.0. The van der Waals surface area contributed by atoms with E-state index in [2.05, 4.69) is 174 Å². The van der Waals surface area contributed by atoms with Crippen molar-refractivity contribution < 1.29 is 0 Å². The molecule has 0 bridgehead atoms. The van der Waals surface area contributed by atoms with Crippen LogP contribution in [0.3, 0.4) is 0 Å². The molecule has 0 aliphatic rings. The van der Waals surface area contributed by atoms with Gasteiger partial charge in [-0.3, -0.25) is 0 Å². The van der Waals surface area contributed by atoms with E-state index in [-0.39, 0.29) is 0 Å². The van der Waals surface area contributed by atoms with Gasteiger partial charge in [0, 0.05) is 16.5 Å². The first-order chi connectivity index (χ1) is 25.2. The van der Waals surface area contributed by atoms with Gasteiger partial charge in [0.1, 0.15) is 0 Å². The van der Waals surface area contributed by atoms with Gasteiger partial charge >= 0.3 is 0 Å². The summed E-state index contributed by atoms with van der Waals surface area (Å²) < 4.78 is 2.28. The molecule has 10 aromatic rings. The maximum atomic E-state index is 9.72. The number of aromatic nitrogens is 1. The number of hydrogen-bond donors (Lipinski definition) is 0. The van der Waals surface area contributed by atoms with Gasteiger partial charge in [0.25, 0.3) is 0 Å². The number of nitrogens with zero attached hydrogens (tertiary/aromatic N) is 2. The van der Waals surface area contributed by atoms with Crippen molar-refractivity contribution in [2.45, 2.75) is 0 Å². The molecule has 2 nitrogen and oxygen atoms in total. The topological polar surface area (TPSA) is 28.7 Å². The second-order valence-corrected chi connectivity index (χ2v) is 13.2. The van der Waals surface area contributed by atoms with Crippen LogP contribution in [-0.2, 0) is 0 Å². The zero-order chi connectivity index (χ0) is 33.9. The molecule has 10 rings (SSSR count). The quantitative estimate of drug-likeness (QED) is 0.175. The average molecular weight is 647 g/mol. The fourth-order valence-corrected chi connectivity index (χ4v) is 8.04. The van der Waals surface area contributed by atoms with E-state index < -0.39 is 0 Å². The van der Waals surface area contributed by atoms with Gasteiger partial charge in [0.15, 0.2) is 0 Å². The lowest BCUT2D eigenvalue weighted by Crippen LogP contribution is -1.94. The predicted molar refractivity (Wildman–Crippen MR) is 214 cm³/mol. The smallest absolute Gasteiger partial charge is 0.0992 e. The van der Waals surface area contributed by atoms with Crippen molar-refractivity contribution in [3.8, 4) is 45.1 Å². The third kappa shape index (κ3) is 4.64. The van der Waals surface area contributed by atoms with E-state index in [1.54, 1.807) is 0 Å². The van der Waals surface area contributed by atoms with E-state index in [9.17, 15) is 5.26 Å². The molecule has 0 saturated carbocycles. The zero-order valence-corrected chi connectivity index (χ0v) is 27.7. The molecular weight excluding hydrogens is 617 g/mol. The summed E-state index contributed by atoms with van der Waals surface area (Å²) in [6, 6.07) is 67.6. The number of hydrogen-bond acceptors (Lipinski definition) is 1. The highest BCUT2D eigenvalue weighted by molar-refractivity contribution is 6.24. The number of fused-ring (bicyclic) bond motifs is 8. The van der Waals surface area contributed by atoms with Crippen LogP contribution in [0.4, 0.5) is 0 Å². The van der Waals surface area contributed by atoms with Gasteiger partial charge in [0.2, 0.25) is 0 Å². The number of benzene rings is 9. The molecule has 0 saturated heterocycles. The van der Waals surface area contributed by atoms with Crippen LogP contribution in [0.15, 0.2) is 182 Å². The first kappa shape index (κ1) is 29.0. The Morgan fingerprint density at radius 2 is 0.843 bits per heavy atom. The molecule has 236 valence electrons. The molecule has 0 unspecified atom stereocenters. The fraction of sp³-hybridized carbons (Fsp3) is 0. The van der Waals surface area contributed by atoms with Crippen molar-refractivity contribution in [1.82, 2.24) is 4.57 Å². The second kappa shape index (κ2) is 11.6. The van der Waals surface area contributed by atoms with Crippen LogP contribution in [0.5, 0.6) is 0 Å². The Balaban J connectivity index is 1.19. The summed E-state index contributed by atoms with van der Waals surface area (Å²) in [7, 11) is 0. The lowest BCUT2D eigenvalue weighted by molar-refractivity contribution is 1.18. The van der Waals surface area contributed by atoms with Crippen molar-refractivity contribution >= 4 is 54.1 Å². The Morgan fingerprint density at radius 3 is 1.51 bits per heavy atom. The van der Waals surface area contributed by atoms with Crippen LogP contribution in [0.2, 0.25) is 0 Å². The minimum absolute atomic E-state index is 0.655. The predicted octanol–water partition coefficient (Wildman–Crippen LogP) is 13.1. The Bertz CT molecular complexity index is 3020. The molecule has 51 heavy (non-hydrogen) atoms. The lowest BCUT2D eigenvalue weighted by Gasteiger charge is -2.16. The SMILES string of the molecule is N#Cc1ccc2c3ccc(-c4cccc(-c5cc6c7ccccc7c(-c7ccccc7)cc6c6ccccc56)c4)cc3n(-c3ccccc3)c2c1. The first-order valence-electron chi connectivity index (χ1n) is 17.3. The maximum absolute atomic E-state index is 9.72. The summed E-state index contributed by atoms with van der Waals surface area (Å²) >= 11 is 0. The van der Waals surface area contributed by atoms with Crippen molar-refractivity contribution in [3.63, 3.8) is 0 Å². The third-order valence-electron chi connectivity index (χ3n) is 10.4. The van der Waals surface area contributed by atoms with Crippen LogP contribution >= 0.6 is 0 Å². The summed E-state index contributed by atoms with van der Waals surface area (Å²) in [5, 5.41) is 19.6. The molecule has 0 aliphatic heterocycles. The van der Waals surface area contributed by atoms with Gasteiger partial charge < -0.3 is 4.57 Å². The third-order valence-corrected chi connectivity index (χ3v) is 10.4. The Morgan fingerprint density at radius 1 is 0.333 bits per heavy atom. The van der Waals surface area contributed by atoms with Crippen LogP contribution in [0, 0.1) is 11.3 Å². The molecule has 0 radical (unpaired) electrons. The normalized spacial score (nSPS) is 11.5. The van der Waals surface area contributed by atoms with E-state index in [0.717, 1.165) is 33.2 Å². The summed E-state index contributed by atoms with van der Waals surface area (Å²) in [6.07, 6.45) is 0. The highest BCUT2D eigenvalue weighted by Gasteiger charge is 2.17. The van der Waals surface area contributed by atoms with E-state index in [1.807, 2.05) is 18.2 Å². The van der Waals surface area contributed by atoms with Gasteiger partial charge in [-0.15, -0.1) is 0 Å². The number of para-hydroxylation sites is 1. The Labute approximate surface area is 295 Å². The summed E-state index contributed by atoms with van der Waals surface area (Å²) in [6.45, 7) is 0. The van der Waals surface area contributed by atoms with Crippen molar-refractivity contribution in [2.24, 2.45) is 0 Å². The lowest BCUT2D eigenvalue weighted by atomic mass is 9.87. The molecule has 0 spiro atoms. The first-order valence-corrected chi connectivity index (χ1v) is 17.3. The summed E-state index contributed by atoms with van der Waals surface area (Å²) in [5.74, 6) is 0. The molecule has 1 heterocycles. The molecule has 1 aromatic heterocycles. The molecule has 0 aliphatic carbocycles. The largest absolute Gasteiger partial charge is 0.309 e. The molecule has 0 amide bonds. The molecule has 2 heteroatoms. The van der Waals surface area contributed by atoms with Crippen molar-refractivity contribution in [2.75, 3.05) is 0 Å². The van der Waals surface area contributed by atoms with Gasteiger partial charge in [0.05, 0.1) is 22.7 Å². The van der Waals surface area contributed by atoms with Crippen LogP contribution in [0.1, 0.15) is 5.56 Å². The van der Waals surface area contributed by atoms with E-state index >= 15 is 0 Å². The van der Waals surface area contributed by atoms with Crippen LogP contribution in [0.25, 0.3) is 93.2 Å². The van der Waals surface area contributed by atoms with E-state index in [4.69, 9.17) is 0 Å². The van der Waals surface area contributed by atoms with Crippen molar-refractivity contribution in [3.05, 3.63) is 188 Å². The molecule has 0 fully saturated rings. The Kier molecular flexibility index (Phi) is 6.59. The molecule has 0 N–H and O–H groups in total. The van der Waals surface area contributed by atoms with E-state index in [1.165, 1.54) is 60.0 Å². The average Bonchev–Trinajstić information content (AvgIpc) is 3.53.